The fourth-order valence-corrected chi connectivity index (χ4v) is 3.82. The molecule has 2 heterocycles. The van der Waals surface area contributed by atoms with Crippen molar-refractivity contribution in [2.75, 3.05) is 19.8 Å². The van der Waals surface area contributed by atoms with E-state index in [2.05, 4.69) is 0 Å². The lowest BCUT2D eigenvalue weighted by molar-refractivity contribution is 0.0393. The van der Waals surface area contributed by atoms with Gasteiger partial charge in [0.15, 0.2) is 0 Å². The van der Waals surface area contributed by atoms with Gasteiger partial charge in [0.1, 0.15) is 4.90 Å². The van der Waals surface area contributed by atoms with Crippen molar-refractivity contribution in [3.63, 3.8) is 0 Å². The Balaban J connectivity index is 2.34. The van der Waals surface area contributed by atoms with E-state index in [1.165, 1.54) is 4.31 Å². The van der Waals surface area contributed by atoms with E-state index in [1.807, 2.05) is 6.92 Å². The highest BCUT2D eigenvalue weighted by molar-refractivity contribution is 7.89. The van der Waals surface area contributed by atoms with E-state index in [4.69, 9.17) is 10.5 Å². The number of sulfonamides is 1. The Morgan fingerprint density at radius 3 is 2.83 bits per heavy atom. The fourth-order valence-electron chi connectivity index (χ4n) is 2.13. The molecule has 0 bridgehead atoms. The van der Waals surface area contributed by atoms with Gasteiger partial charge >= 0.3 is 0 Å². The van der Waals surface area contributed by atoms with Crippen molar-refractivity contribution in [3.05, 3.63) is 18.0 Å². The van der Waals surface area contributed by atoms with Crippen LogP contribution in [-0.4, -0.2) is 43.1 Å². The van der Waals surface area contributed by atoms with Crippen LogP contribution in [-0.2, 0) is 28.4 Å². The molecule has 18 heavy (non-hydrogen) atoms. The molecule has 0 aromatic carbocycles. The highest BCUT2D eigenvalue weighted by Crippen LogP contribution is 2.22. The number of nitrogens with two attached hydrogens (primary N) is 1. The van der Waals surface area contributed by atoms with Crippen molar-refractivity contribution < 1.29 is 13.2 Å². The van der Waals surface area contributed by atoms with Gasteiger partial charge in [-0.05, 0) is 13.0 Å². The summed E-state index contributed by atoms with van der Waals surface area (Å²) in [5, 5.41) is 0. The summed E-state index contributed by atoms with van der Waals surface area (Å²) in [7, 11) is -1.65. The standard InChI is InChI=1S/C11H19N3O3S/c1-9-8-17-4-3-14(9)18(15,16)11-5-10(6-12)13(2)7-11/h5,7,9H,3-4,6,8,12H2,1-2H3. The number of aromatic nitrogens is 1. The summed E-state index contributed by atoms with van der Waals surface area (Å²) in [5.41, 5.74) is 6.36. The van der Waals surface area contributed by atoms with Crippen molar-refractivity contribution in [1.29, 1.82) is 0 Å². The lowest BCUT2D eigenvalue weighted by Crippen LogP contribution is -2.46. The Labute approximate surface area is 107 Å². The average molecular weight is 273 g/mol. The Kier molecular flexibility index (Phi) is 3.76. The molecule has 1 aliphatic heterocycles. The van der Waals surface area contributed by atoms with Gasteiger partial charge in [-0.2, -0.15) is 4.31 Å². The van der Waals surface area contributed by atoms with Crippen molar-refractivity contribution >= 4 is 10.0 Å². The van der Waals surface area contributed by atoms with Gasteiger partial charge in [0.05, 0.1) is 13.2 Å². The van der Waals surface area contributed by atoms with Crippen LogP contribution in [0, 0.1) is 0 Å². The average Bonchev–Trinajstić information content (AvgIpc) is 2.71. The van der Waals surface area contributed by atoms with Crippen LogP contribution in [0.15, 0.2) is 17.2 Å². The summed E-state index contributed by atoms with van der Waals surface area (Å²) in [6, 6.07) is 1.50. The molecule has 1 unspecified atom stereocenters. The number of nitrogens with zero attached hydrogens (tertiary/aromatic N) is 2. The smallest absolute Gasteiger partial charge is 0.244 e. The van der Waals surface area contributed by atoms with E-state index >= 15 is 0 Å². The minimum atomic E-state index is -3.45. The minimum Gasteiger partial charge on any atom is -0.378 e. The quantitative estimate of drug-likeness (QED) is 0.834. The van der Waals surface area contributed by atoms with Crippen molar-refractivity contribution in [1.82, 2.24) is 8.87 Å². The first-order valence-corrected chi connectivity index (χ1v) is 7.35. The van der Waals surface area contributed by atoms with Gasteiger partial charge < -0.3 is 15.0 Å². The summed E-state index contributed by atoms with van der Waals surface area (Å²) >= 11 is 0. The van der Waals surface area contributed by atoms with Gasteiger partial charge in [-0.25, -0.2) is 8.42 Å². The SMILES string of the molecule is CC1COCCN1S(=O)(=O)c1cc(CN)n(C)c1. The Bertz CT molecular complexity index is 524. The Morgan fingerprint density at radius 1 is 1.56 bits per heavy atom. The van der Waals surface area contributed by atoms with Crippen LogP contribution < -0.4 is 5.73 Å². The summed E-state index contributed by atoms with van der Waals surface area (Å²) in [6.07, 6.45) is 1.61. The normalized spacial score (nSPS) is 22.3. The van der Waals surface area contributed by atoms with Crippen LogP contribution in [0.4, 0.5) is 0 Å². The van der Waals surface area contributed by atoms with Crippen LogP contribution in [0.3, 0.4) is 0 Å². The molecule has 1 aromatic rings. The maximum atomic E-state index is 12.5. The van der Waals surface area contributed by atoms with E-state index in [-0.39, 0.29) is 6.04 Å². The molecule has 6 nitrogen and oxygen atoms in total. The zero-order valence-electron chi connectivity index (χ0n) is 10.7. The molecule has 1 aromatic heterocycles. The minimum absolute atomic E-state index is 0.134. The molecular weight excluding hydrogens is 254 g/mol. The zero-order valence-corrected chi connectivity index (χ0v) is 11.5. The number of rotatable bonds is 3. The van der Waals surface area contributed by atoms with Crippen LogP contribution in [0.1, 0.15) is 12.6 Å². The molecule has 0 radical (unpaired) electrons. The van der Waals surface area contributed by atoms with Crippen molar-refractivity contribution in [3.8, 4) is 0 Å². The second-order valence-electron chi connectivity index (χ2n) is 4.52. The molecule has 0 saturated carbocycles. The number of aryl methyl sites for hydroxylation is 1. The largest absolute Gasteiger partial charge is 0.378 e. The maximum absolute atomic E-state index is 12.5. The second kappa shape index (κ2) is 5.00. The molecule has 1 aliphatic rings. The van der Waals surface area contributed by atoms with E-state index < -0.39 is 10.0 Å². The third-order valence-corrected chi connectivity index (χ3v) is 5.18. The monoisotopic (exact) mass is 273 g/mol. The number of morpholine rings is 1. The summed E-state index contributed by atoms with van der Waals surface area (Å²) in [5.74, 6) is 0. The predicted molar refractivity (Wildman–Crippen MR) is 67.5 cm³/mol. The van der Waals surface area contributed by atoms with E-state index in [0.29, 0.717) is 31.2 Å². The van der Waals surface area contributed by atoms with E-state index in [1.54, 1.807) is 23.9 Å². The zero-order chi connectivity index (χ0) is 13.3. The highest BCUT2D eigenvalue weighted by Gasteiger charge is 2.32. The van der Waals surface area contributed by atoms with Gasteiger partial charge in [0, 0.05) is 38.1 Å². The van der Waals surface area contributed by atoms with E-state index in [9.17, 15) is 8.42 Å². The first-order valence-electron chi connectivity index (χ1n) is 5.91. The Hall–Kier alpha value is -0.890. The van der Waals surface area contributed by atoms with Gasteiger partial charge in [0.2, 0.25) is 10.0 Å². The molecule has 102 valence electrons. The molecule has 0 spiro atoms. The maximum Gasteiger partial charge on any atom is 0.244 e. The summed E-state index contributed by atoms with van der Waals surface area (Å²) in [4.78, 5) is 0.305. The molecule has 0 aliphatic carbocycles. The first kappa shape index (κ1) is 13.5. The number of hydrogen-bond acceptors (Lipinski definition) is 4. The van der Waals surface area contributed by atoms with Crippen LogP contribution >= 0.6 is 0 Å². The molecule has 2 rings (SSSR count). The number of hydrogen-bond donors (Lipinski definition) is 1. The van der Waals surface area contributed by atoms with E-state index in [0.717, 1.165) is 5.69 Å². The lowest BCUT2D eigenvalue weighted by Gasteiger charge is -2.31. The topological polar surface area (TPSA) is 77.6 Å². The molecule has 1 fully saturated rings. The van der Waals surface area contributed by atoms with Crippen molar-refractivity contribution in [2.45, 2.75) is 24.4 Å². The highest BCUT2D eigenvalue weighted by atomic mass is 32.2. The van der Waals surface area contributed by atoms with Gasteiger partial charge in [-0.15, -0.1) is 0 Å². The summed E-state index contributed by atoms with van der Waals surface area (Å²) < 4.78 is 33.5. The molecule has 7 heteroatoms. The first-order chi connectivity index (χ1) is 8.46. The molecule has 0 amide bonds. The predicted octanol–water partition coefficient (Wildman–Crippen LogP) is -0.107. The third kappa shape index (κ3) is 2.31. The van der Waals surface area contributed by atoms with Crippen molar-refractivity contribution in [2.24, 2.45) is 12.8 Å². The number of ether oxygens (including phenoxy) is 1. The van der Waals surface area contributed by atoms with Gasteiger partial charge in [-0.1, -0.05) is 0 Å². The van der Waals surface area contributed by atoms with Crippen LogP contribution in [0.2, 0.25) is 0 Å². The van der Waals surface area contributed by atoms with Gasteiger partial charge in [0.25, 0.3) is 0 Å². The molecule has 2 N–H and O–H groups in total. The third-order valence-electron chi connectivity index (χ3n) is 3.21. The van der Waals surface area contributed by atoms with Crippen LogP contribution in [0.25, 0.3) is 0 Å². The summed E-state index contributed by atoms with van der Waals surface area (Å²) in [6.45, 7) is 3.46. The van der Waals surface area contributed by atoms with Crippen LogP contribution in [0.5, 0.6) is 0 Å². The second-order valence-corrected chi connectivity index (χ2v) is 6.41. The molecule has 1 atom stereocenters. The Morgan fingerprint density at radius 2 is 2.28 bits per heavy atom. The fraction of sp³-hybridized carbons (Fsp3) is 0.636. The lowest BCUT2D eigenvalue weighted by atomic mass is 10.3. The molecular formula is C11H19N3O3S. The molecule has 1 saturated heterocycles. The van der Waals surface area contributed by atoms with Gasteiger partial charge in [-0.3, -0.25) is 0 Å².